The van der Waals surface area contributed by atoms with Crippen molar-refractivity contribution in [2.75, 3.05) is 32.4 Å². The predicted octanol–water partition coefficient (Wildman–Crippen LogP) is 2.11. The molecule has 0 spiro atoms. The molecule has 1 aliphatic rings. The minimum absolute atomic E-state index is 0.101. The molecule has 0 aliphatic carbocycles. The molecule has 0 saturated carbocycles. The summed E-state index contributed by atoms with van der Waals surface area (Å²) >= 11 is 1.75. The largest absolute Gasteiger partial charge is 0.336 e. The molecule has 2 heterocycles. The van der Waals surface area contributed by atoms with Gasteiger partial charge < -0.3 is 4.90 Å². The Morgan fingerprint density at radius 1 is 1.12 bits per heavy atom. The van der Waals surface area contributed by atoms with Crippen LogP contribution in [0.2, 0.25) is 0 Å². The first-order valence-electron chi connectivity index (χ1n) is 7.77. The summed E-state index contributed by atoms with van der Waals surface area (Å²) in [5.74, 6) is -0.101. The standard InChI is InChI=1S/C17H20N2O3S2/c1-24(21,22)16-6-2-4-14(12-16)17(20)19-9-7-18(8-10-19)13-15-5-3-11-23-15/h2-6,11-12H,7-10,13H2,1H3. The molecule has 1 aromatic carbocycles. The topological polar surface area (TPSA) is 57.7 Å². The minimum atomic E-state index is -3.31. The van der Waals surface area contributed by atoms with Crippen LogP contribution in [0.4, 0.5) is 0 Å². The van der Waals surface area contributed by atoms with Crippen LogP contribution in [0.1, 0.15) is 15.2 Å². The number of hydrogen-bond donors (Lipinski definition) is 0. The molecule has 1 saturated heterocycles. The van der Waals surface area contributed by atoms with Crippen molar-refractivity contribution in [1.29, 1.82) is 0 Å². The van der Waals surface area contributed by atoms with Gasteiger partial charge in [0.15, 0.2) is 9.84 Å². The third-order valence-electron chi connectivity index (χ3n) is 4.13. The van der Waals surface area contributed by atoms with E-state index in [0.717, 1.165) is 25.9 Å². The minimum Gasteiger partial charge on any atom is -0.336 e. The Labute approximate surface area is 146 Å². The van der Waals surface area contributed by atoms with Crippen LogP contribution in [0.3, 0.4) is 0 Å². The lowest BCUT2D eigenvalue weighted by Gasteiger charge is -2.34. The molecule has 0 N–H and O–H groups in total. The van der Waals surface area contributed by atoms with E-state index in [1.165, 1.54) is 17.0 Å². The summed E-state index contributed by atoms with van der Waals surface area (Å²) < 4.78 is 23.3. The van der Waals surface area contributed by atoms with Gasteiger partial charge >= 0.3 is 0 Å². The maximum Gasteiger partial charge on any atom is 0.253 e. The molecule has 0 bridgehead atoms. The van der Waals surface area contributed by atoms with Crippen molar-refractivity contribution in [3.8, 4) is 0 Å². The van der Waals surface area contributed by atoms with Gasteiger partial charge in [-0.2, -0.15) is 0 Å². The number of thiophene rings is 1. The molecular formula is C17H20N2O3S2. The van der Waals surface area contributed by atoms with E-state index in [9.17, 15) is 13.2 Å². The fourth-order valence-electron chi connectivity index (χ4n) is 2.77. The second-order valence-corrected chi connectivity index (χ2v) is 9.00. The first-order chi connectivity index (χ1) is 11.4. The van der Waals surface area contributed by atoms with Crippen LogP contribution in [0, 0.1) is 0 Å². The number of sulfone groups is 1. The third kappa shape index (κ3) is 4.03. The highest BCUT2D eigenvalue weighted by Crippen LogP contribution is 2.16. The number of amides is 1. The van der Waals surface area contributed by atoms with E-state index in [4.69, 9.17) is 0 Å². The van der Waals surface area contributed by atoms with E-state index < -0.39 is 9.84 Å². The van der Waals surface area contributed by atoms with Crippen LogP contribution in [0.25, 0.3) is 0 Å². The summed E-state index contributed by atoms with van der Waals surface area (Å²) in [6, 6.07) is 10.5. The molecule has 7 heteroatoms. The molecular weight excluding hydrogens is 344 g/mol. The Bertz CT molecular complexity index is 808. The van der Waals surface area contributed by atoms with Gasteiger partial charge in [-0.1, -0.05) is 12.1 Å². The van der Waals surface area contributed by atoms with Crippen molar-refractivity contribution in [2.45, 2.75) is 11.4 Å². The summed E-state index contributed by atoms with van der Waals surface area (Å²) in [5.41, 5.74) is 0.435. The van der Waals surface area contributed by atoms with E-state index in [1.54, 1.807) is 28.4 Å². The summed E-state index contributed by atoms with van der Waals surface area (Å²) in [5, 5.41) is 2.07. The summed E-state index contributed by atoms with van der Waals surface area (Å²) in [6.07, 6.45) is 1.15. The lowest BCUT2D eigenvalue weighted by molar-refractivity contribution is 0.0629. The Morgan fingerprint density at radius 2 is 1.88 bits per heavy atom. The quantitative estimate of drug-likeness (QED) is 0.834. The number of carbonyl (C=O) groups excluding carboxylic acids is 1. The van der Waals surface area contributed by atoms with Crippen LogP contribution in [-0.4, -0.2) is 56.6 Å². The maximum atomic E-state index is 12.6. The molecule has 0 atom stereocenters. The first kappa shape index (κ1) is 17.1. The van der Waals surface area contributed by atoms with Gasteiger partial charge in [0.25, 0.3) is 5.91 Å². The van der Waals surface area contributed by atoms with Crippen LogP contribution in [-0.2, 0) is 16.4 Å². The molecule has 1 aliphatic heterocycles. The monoisotopic (exact) mass is 364 g/mol. The third-order valence-corrected chi connectivity index (χ3v) is 6.10. The maximum absolute atomic E-state index is 12.6. The zero-order valence-electron chi connectivity index (χ0n) is 13.5. The van der Waals surface area contributed by atoms with Crippen molar-refractivity contribution in [1.82, 2.24) is 9.80 Å². The number of nitrogens with zero attached hydrogens (tertiary/aromatic N) is 2. The van der Waals surface area contributed by atoms with E-state index in [0.29, 0.717) is 18.7 Å². The lowest BCUT2D eigenvalue weighted by atomic mass is 10.2. The molecule has 3 rings (SSSR count). The van der Waals surface area contributed by atoms with Gasteiger partial charge in [-0.15, -0.1) is 11.3 Å². The van der Waals surface area contributed by atoms with Crippen molar-refractivity contribution in [3.05, 3.63) is 52.2 Å². The van der Waals surface area contributed by atoms with Crippen LogP contribution in [0.15, 0.2) is 46.7 Å². The van der Waals surface area contributed by atoms with Crippen LogP contribution >= 0.6 is 11.3 Å². The number of piperazine rings is 1. The molecule has 128 valence electrons. The second-order valence-electron chi connectivity index (χ2n) is 5.95. The van der Waals surface area contributed by atoms with Gasteiger partial charge in [-0.25, -0.2) is 8.42 Å². The number of rotatable bonds is 4. The van der Waals surface area contributed by atoms with Gasteiger partial charge in [0.05, 0.1) is 4.90 Å². The number of benzene rings is 1. The predicted molar refractivity (Wildman–Crippen MR) is 95.1 cm³/mol. The highest BCUT2D eigenvalue weighted by molar-refractivity contribution is 7.90. The summed E-state index contributed by atoms with van der Waals surface area (Å²) in [4.78, 5) is 18.3. The van der Waals surface area contributed by atoms with Crippen LogP contribution in [0.5, 0.6) is 0 Å². The highest BCUT2D eigenvalue weighted by atomic mass is 32.2. The first-order valence-corrected chi connectivity index (χ1v) is 10.5. The van der Waals surface area contributed by atoms with Gasteiger partial charge in [-0.05, 0) is 29.6 Å². The molecule has 5 nitrogen and oxygen atoms in total. The number of carbonyl (C=O) groups is 1. The molecule has 1 amide bonds. The normalized spacial score (nSPS) is 16.3. The molecule has 24 heavy (non-hydrogen) atoms. The Balaban J connectivity index is 1.63. The average Bonchev–Trinajstić information content (AvgIpc) is 3.07. The molecule has 2 aromatic rings. The fraction of sp³-hybridized carbons (Fsp3) is 0.353. The molecule has 1 aromatic heterocycles. The van der Waals surface area contributed by atoms with Crippen molar-refractivity contribution in [3.63, 3.8) is 0 Å². The molecule has 0 radical (unpaired) electrons. The van der Waals surface area contributed by atoms with E-state index >= 15 is 0 Å². The van der Waals surface area contributed by atoms with Gasteiger partial charge in [-0.3, -0.25) is 9.69 Å². The van der Waals surface area contributed by atoms with Crippen LogP contribution < -0.4 is 0 Å². The Hall–Kier alpha value is -1.70. The summed E-state index contributed by atoms with van der Waals surface area (Å²) in [6.45, 7) is 3.90. The molecule has 0 unspecified atom stereocenters. The van der Waals surface area contributed by atoms with E-state index in [1.807, 2.05) is 0 Å². The lowest BCUT2D eigenvalue weighted by Crippen LogP contribution is -2.48. The zero-order valence-corrected chi connectivity index (χ0v) is 15.1. The Morgan fingerprint density at radius 3 is 2.50 bits per heavy atom. The Kier molecular flexibility index (Phi) is 5.03. The van der Waals surface area contributed by atoms with Crippen molar-refractivity contribution >= 4 is 27.1 Å². The highest BCUT2D eigenvalue weighted by Gasteiger charge is 2.23. The van der Waals surface area contributed by atoms with Crippen molar-refractivity contribution < 1.29 is 13.2 Å². The van der Waals surface area contributed by atoms with Gasteiger partial charge in [0.1, 0.15) is 0 Å². The van der Waals surface area contributed by atoms with Gasteiger partial charge in [0.2, 0.25) is 0 Å². The van der Waals surface area contributed by atoms with E-state index in [2.05, 4.69) is 22.4 Å². The smallest absolute Gasteiger partial charge is 0.253 e. The zero-order chi connectivity index (χ0) is 17.2. The number of hydrogen-bond acceptors (Lipinski definition) is 5. The molecule has 1 fully saturated rings. The van der Waals surface area contributed by atoms with Gasteiger partial charge in [0, 0.05) is 49.4 Å². The summed E-state index contributed by atoms with van der Waals surface area (Å²) in [7, 11) is -3.31. The second kappa shape index (κ2) is 7.04. The SMILES string of the molecule is CS(=O)(=O)c1cccc(C(=O)N2CCN(Cc3cccs3)CC2)c1. The van der Waals surface area contributed by atoms with E-state index in [-0.39, 0.29) is 10.8 Å². The fourth-order valence-corrected chi connectivity index (χ4v) is 4.19. The van der Waals surface area contributed by atoms with Crippen molar-refractivity contribution in [2.24, 2.45) is 0 Å². The average molecular weight is 364 g/mol.